The first-order valence-corrected chi connectivity index (χ1v) is 5.90. The molecule has 1 unspecified atom stereocenters. The fraction of sp³-hybridized carbons (Fsp3) is 0.462. The minimum Gasteiger partial charge on any atom is -0.508 e. The molecule has 92 valence electrons. The molecule has 4 heteroatoms. The zero-order valence-electron chi connectivity index (χ0n) is 10.0. The lowest BCUT2D eigenvalue weighted by Gasteiger charge is -2.31. The summed E-state index contributed by atoms with van der Waals surface area (Å²) in [7, 11) is 0. The molecular formula is C13H18N2O2. The third kappa shape index (κ3) is 2.97. The zero-order chi connectivity index (χ0) is 12.3. The Kier molecular flexibility index (Phi) is 3.64. The summed E-state index contributed by atoms with van der Waals surface area (Å²) in [4.78, 5) is 2.31. The first-order chi connectivity index (χ1) is 8.19. The molecule has 1 saturated heterocycles. The summed E-state index contributed by atoms with van der Waals surface area (Å²) in [6.45, 7) is 4.70. The van der Waals surface area contributed by atoms with Gasteiger partial charge in [-0.25, -0.2) is 0 Å². The summed E-state index contributed by atoms with van der Waals surface area (Å²) in [5, 5.41) is 21.5. The normalized spacial score (nSPS) is 24.1. The van der Waals surface area contributed by atoms with Crippen molar-refractivity contribution in [1.82, 2.24) is 4.90 Å². The molecule has 4 nitrogen and oxygen atoms in total. The lowest BCUT2D eigenvalue weighted by Crippen LogP contribution is -2.39. The summed E-state index contributed by atoms with van der Waals surface area (Å²) in [6, 6.07) is 7.35. The van der Waals surface area contributed by atoms with Gasteiger partial charge in [-0.1, -0.05) is 24.2 Å². The Morgan fingerprint density at radius 1 is 1.47 bits per heavy atom. The number of benzene rings is 1. The van der Waals surface area contributed by atoms with Gasteiger partial charge in [-0.15, -0.1) is 0 Å². The van der Waals surface area contributed by atoms with Gasteiger partial charge in [0.1, 0.15) is 5.75 Å². The SMILES string of the molecule is CC1CN(Cc2cccc(O)c2)CC/C1=N\O. The van der Waals surface area contributed by atoms with Crippen LogP contribution in [0.25, 0.3) is 0 Å². The second-order valence-corrected chi connectivity index (χ2v) is 4.65. The van der Waals surface area contributed by atoms with Crippen molar-refractivity contribution < 1.29 is 10.3 Å². The maximum absolute atomic E-state index is 9.40. The first-order valence-electron chi connectivity index (χ1n) is 5.90. The smallest absolute Gasteiger partial charge is 0.115 e. The van der Waals surface area contributed by atoms with Gasteiger partial charge in [0, 0.05) is 32.0 Å². The van der Waals surface area contributed by atoms with Crippen LogP contribution < -0.4 is 0 Å². The number of hydrogen-bond donors (Lipinski definition) is 2. The van der Waals surface area contributed by atoms with Crippen LogP contribution in [-0.2, 0) is 6.54 Å². The molecule has 0 aliphatic carbocycles. The van der Waals surface area contributed by atoms with Gasteiger partial charge in [-0.3, -0.25) is 4.90 Å². The average molecular weight is 234 g/mol. The molecule has 1 atom stereocenters. The highest BCUT2D eigenvalue weighted by molar-refractivity contribution is 5.86. The Morgan fingerprint density at radius 2 is 2.29 bits per heavy atom. The number of aromatic hydroxyl groups is 1. The molecule has 1 heterocycles. The quantitative estimate of drug-likeness (QED) is 0.608. The molecular weight excluding hydrogens is 216 g/mol. The summed E-state index contributed by atoms with van der Waals surface area (Å²) in [5.74, 6) is 0.608. The number of rotatable bonds is 2. The van der Waals surface area contributed by atoms with Crippen molar-refractivity contribution in [2.75, 3.05) is 13.1 Å². The molecule has 0 radical (unpaired) electrons. The van der Waals surface area contributed by atoms with E-state index in [0.29, 0.717) is 11.7 Å². The van der Waals surface area contributed by atoms with Crippen LogP contribution in [0, 0.1) is 5.92 Å². The summed E-state index contributed by atoms with van der Waals surface area (Å²) < 4.78 is 0. The summed E-state index contributed by atoms with van der Waals surface area (Å²) >= 11 is 0. The van der Waals surface area contributed by atoms with E-state index in [-0.39, 0.29) is 0 Å². The highest BCUT2D eigenvalue weighted by Gasteiger charge is 2.22. The Hall–Kier alpha value is -1.55. The van der Waals surface area contributed by atoms with Gasteiger partial charge in [0.2, 0.25) is 0 Å². The van der Waals surface area contributed by atoms with Crippen LogP contribution in [0.1, 0.15) is 18.9 Å². The Labute approximate surface area is 101 Å². The molecule has 17 heavy (non-hydrogen) atoms. The van der Waals surface area contributed by atoms with Crippen LogP contribution in [0.15, 0.2) is 29.4 Å². The van der Waals surface area contributed by atoms with E-state index in [1.54, 1.807) is 12.1 Å². The van der Waals surface area contributed by atoms with E-state index in [1.807, 2.05) is 12.1 Å². The number of hydrogen-bond acceptors (Lipinski definition) is 4. The van der Waals surface area contributed by atoms with Gasteiger partial charge in [-0.05, 0) is 17.7 Å². The van der Waals surface area contributed by atoms with E-state index >= 15 is 0 Å². The molecule has 1 aliphatic rings. The molecule has 0 bridgehead atoms. The molecule has 1 aromatic rings. The molecule has 0 aromatic heterocycles. The van der Waals surface area contributed by atoms with Gasteiger partial charge >= 0.3 is 0 Å². The number of piperidine rings is 1. The van der Waals surface area contributed by atoms with E-state index < -0.39 is 0 Å². The van der Waals surface area contributed by atoms with E-state index in [4.69, 9.17) is 5.21 Å². The number of nitrogens with zero attached hydrogens (tertiary/aromatic N) is 2. The second-order valence-electron chi connectivity index (χ2n) is 4.65. The van der Waals surface area contributed by atoms with Crippen molar-refractivity contribution in [2.45, 2.75) is 19.9 Å². The molecule has 0 spiro atoms. The minimum atomic E-state index is 0.297. The van der Waals surface area contributed by atoms with Gasteiger partial charge in [0.05, 0.1) is 5.71 Å². The Balaban J connectivity index is 1.97. The zero-order valence-corrected chi connectivity index (χ0v) is 10.0. The molecule has 0 saturated carbocycles. The fourth-order valence-corrected chi connectivity index (χ4v) is 2.31. The third-order valence-electron chi connectivity index (χ3n) is 3.23. The van der Waals surface area contributed by atoms with Crippen molar-refractivity contribution in [3.63, 3.8) is 0 Å². The van der Waals surface area contributed by atoms with E-state index in [2.05, 4.69) is 17.0 Å². The topological polar surface area (TPSA) is 56.1 Å². The maximum Gasteiger partial charge on any atom is 0.115 e. The standard InChI is InChI=1S/C13H18N2O2/c1-10-8-15(6-5-13(10)14-17)9-11-3-2-4-12(16)7-11/h2-4,7,10,16-17H,5-6,8-9H2,1H3/b14-13+. The Bertz CT molecular complexity index is 418. The van der Waals surface area contributed by atoms with Crippen LogP contribution in [0.4, 0.5) is 0 Å². The van der Waals surface area contributed by atoms with Crippen molar-refractivity contribution in [1.29, 1.82) is 0 Å². The van der Waals surface area contributed by atoms with Gasteiger partial charge in [0.25, 0.3) is 0 Å². The number of oxime groups is 1. The monoisotopic (exact) mass is 234 g/mol. The van der Waals surface area contributed by atoms with Crippen LogP contribution in [0.3, 0.4) is 0 Å². The van der Waals surface area contributed by atoms with Crippen LogP contribution in [0.2, 0.25) is 0 Å². The molecule has 1 aliphatic heterocycles. The predicted octanol–water partition coefficient (Wildman–Crippen LogP) is 2.06. The first kappa shape index (κ1) is 11.9. The lowest BCUT2D eigenvalue weighted by molar-refractivity contribution is 0.228. The predicted molar refractivity (Wildman–Crippen MR) is 66.4 cm³/mol. The van der Waals surface area contributed by atoms with Crippen molar-refractivity contribution in [3.05, 3.63) is 29.8 Å². The number of likely N-dealkylation sites (tertiary alicyclic amines) is 1. The molecule has 1 fully saturated rings. The lowest BCUT2D eigenvalue weighted by atomic mass is 9.97. The largest absolute Gasteiger partial charge is 0.508 e. The highest BCUT2D eigenvalue weighted by Crippen LogP contribution is 2.18. The second kappa shape index (κ2) is 5.19. The van der Waals surface area contributed by atoms with Gasteiger partial charge in [-0.2, -0.15) is 0 Å². The maximum atomic E-state index is 9.40. The van der Waals surface area contributed by atoms with E-state index in [1.165, 1.54) is 0 Å². The van der Waals surface area contributed by atoms with Gasteiger partial charge < -0.3 is 10.3 Å². The molecule has 2 N–H and O–H groups in total. The summed E-state index contributed by atoms with van der Waals surface area (Å²) in [5.41, 5.74) is 2.00. The van der Waals surface area contributed by atoms with Crippen molar-refractivity contribution >= 4 is 5.71 Å². The summed E-state index contributed by atoms with van der Waals surface area (Å²) in [6.07, 6.45) is 0.816. The molecule has 0 amide bonds. The van der Waals surface area contributed by atoms with Crippen LogP contribution in [-0.4, -0.2) is 34.0 Å². The third-order valence-corrected chi connectivity index (χ3v) is 3.23. The minimum absolute atomic E-state index is 0.297. The number of phenolic OH excluding ortho intramolecular Hbond substituents is 1. The number of phenols is 1. The molecule has 2 rings (SSSR count). The molecule has 1 aromatic carbocycles. The van der Waals surface area contributed by atoms with Crippen LogP contribution >= 0.6 is 0 Å². The highest BCUT2D eigenvalue weighted by atomic mass is 16.4. The van der Waals surface area contributed by atoms with E-state index in [9.17, 15) is 5.11 Å². The fourth-order valence-electron chi connectivity index (χ4n) is 2.31. The van der Waals surface area contributed by atoms with Crippen molar-refractivity contribution in [3.8, 4) is 5.75 Å². The Morgan fingerprint density at radius 3 is 2.94 bits per heavy atom. The average Bonchev–Trinajstić information content (AvgIpc) is 2.29. The van der Waals surface area contributed by atoms with Gasteiger partial charge in [0.15, 0.2) is 0 Å². The van der Waals surface area contributed by atoms with Crippen LogP contribution in [0.5, 0.6) is 5.75 Å². The van der Waals surface area contributed by atoms with E-state index in [0.717, 1.165) is 37.3 Å². The van der Waals surface area contributed by atoms with Crippen molar-refractivity contribution in [2.24, 2.45) is 11.1 Å².